The van der Waals surface area contributed by atoms with Gasteiger partial charge < -0.3 is 5.73 Å². The average Bonchev–Trinajstić information content (AvgIpc) is 3.12. The van der Waals surface area contributed by atoms with Crippen LogP contribution in [-0.2, 0) is 6.42 Å². The Morgan fingerprint density at radius 3 is 2.72 bits per heavy atom. The van der Waals surface area contributed by atoms with E-state index in [4.69, 9.17) is 5.73 Å². The standard InChI is InChI=1S/C15H23FN2/c1-15(11-17,18(2)10-12-6-7-12)9-13-4-3-5-14(16)8-13/h3-5,8,12H,6-7,9-11,17H2,1-2H3. The van der Waals surface area contributed by atoms with Crippen LogP contribution in [0, 0.1) is 11.7 Å². The SMILES string of the molecule is CN(CC1CC1)C(C)(CN)Cc1cccc(F)c1. The molecule has 18 heavy (non-hydrogen) atoms. The van der Waals surface area contributed by atoms with Crippen molar-refractivity contribution >= 4 is 0 Å². The number of halogens is 1. The van der Waals surface area contributed by atoms with E-state index in [2.05, 4.69) is 18.9 Å². The van der Waals surface area contributed by atoms with Crippen molar-refractivity contribution in [2.75, 3.05) is 20.1 Å². The first kappa shape index (κ1) is 13.5. The molecular weight excluding hydrogens is 227 g/mol. The molecular formula is C15H23FN2. The molecule has 1 fully saturated rings. The van der Waals surface area contributed by atoms with Gasteiger partial charge in [0.1, 0.15) is 5.82 Å². The molecule has 1 aliphatic carbocycles. The Morgan fingerprint density at radius 2 is 2.17 bits per heavy atom. The van der Waals surface area contributed by atoms with Crippen LogP contribution in [0.25, 0.3) is 0 Å². The van der Waals surface area contributed by atoms with Gasteiger partial charge in [-0.1, -0.05) is 12.1 Å². The average molecular weight is 250 g/mol. The zero-order valence-corrected chi connectivity index (χ0v) is 11.3. The first-order valence-electron chi connectivity index (χ1n) is 6.69. The fourth-order valence-corrected chi connectivity index (χ4v) is 2.36. The largest absolute Gasteiger partial charge is 0.329 e. The minimum Gasteiger partial charge on any atom is -0.329 e. The van der Waals surface area contributed by atoms with Gasteiger partial charge in [-0.3, -0.25) is 4.90 Å². The summed E-state index contributed by atoms with van der Waals surface area (Å²) in [5.74, 6) is 0.671. The minimum atomic E-state index is -0.170. The molecule has 2 nitrogen and oxygen atoms in total. The molecule has 1 unspecified atom stereocenters. The Balaban J connectivity index is 2.05. The molecule has 0 bridgehead atoms. The van der Waals surface area contributed by atoms with Crippen molar-refractivity contribution in [1.29, 1.82) is 0 Å². The van der Waals surface area contributed by atoms with Gasteiger partial charge in [-0.15, -0.1) is 0 Å². The van der Waals surface area contributed by atoms with Gasteiger partial charge in [0, 0.05) is 18.6 Å². The van der Waals surface area contributed by atoms with Crippen LogP contribution in [0.2, 0.25) is 0 Å². The Hall–Kier alpha value is -0.930. The summed E-state index contributed by atoms with van der Waals surface area (Å²) in [4.78, 5) is 2.34. The zero-order valence-electron chi connectivity index (χ0n) is 11.3. The number of hydrogen-bond donors (Lipinski definition) is 1. The predicted octanol–water partition coefficient (Wildman–Crippen LogP) is 2.43. The lowest BCUT2D eigenvalue weighted by Crippen LogP contribution is -2.52. The summed E-state index contributed by atoms with van der Waals surface area (Å²) < 4.78 is 13.2. The minimum absolute atomic E-state index is 0.0869. The third-order valence-electron chi connectivity index (χ3n) is 4.06. The van der Waals surface area contributed by atoms with Crippen LogP contribution in [0.15, 0.2) is 24.3 Å². The molecule has 1 aliphatic rings. The third-order valence-corrected chi connectivity index (χ3v) is 4.06. The molecule has 0 radical (unpaired) electrons. The van der Waals surface area contributed by atoms with E-state index in [1.54, 1.807) is 12.1 Å². The third kappa shape index (κ3) is 3.30. The summed E-state index contributed by atoms with van der Waals surface area (Å²) in [5.41, 5.74) is 6.89. The number of likely N-dealkylation sites (N-methyl/N-ethyl adjacent to an activating group) is 1. The fourth-order valence-electron chi connectivity index (χ4n) is 2.36. The van der Waals surface area contributed by atoms with Crippen LogP contribution in [0.4, 0.5) is 4.39 Å². The lowest BCUT2D eigenvalue weighted by molar-refractivity contribution is 0.138. The summed E-state index contributed by atoms with van der Waals surface area (Å²) in [6.07, 6.45) is 3.47. The molecule has 2 N–H and O–H groups in total. The van der Waals surface area contributed by atoms with E-state index in [9.17, 15) is 4.39 Å². The Bertz CT molecular complexity index is 403. The smallest absolute Gasteiger partial charge is 0.123 e. The monoisotopic (exact) mass is 250 g/mol. The highest BCUT2D eigenvalue weighted by Crippen LogP contribution is 2.32. The molecule has 1 aromatic rings. The van der Waals surface area contributed by atoms with Crippen molar-refractivity contribution in [3.63, 3.8) is 0 Å². The van der Waals surface area contributed by atoms with Crippen LogP contribution in [-0.4, -0.2) is 30.6 Å². The normalized spacial score (nSPS) is 18.9. The second-order valence-corrected chi connectivity index (χ2v) is 5.83. The van der Waals surface area contributed by atoms with E-state index in [0.717, 1.165) is 24.4 Å². The van der Waals surface area contributed by atoms with Gasteiger partial charge in [-0.05, 0) is 56.8 Å². The number of nitrogens with zero attached hydrogens (tertiary/aromatic N) is 1. The molecule has 100 valence electrons. The van der Waals surface area contributed by atoms with Gasteiger partial charge >= 0.3 is 0 Å². The number of benzene rings is 1. The van der Waals surface area contributed by atoms with Gasteiger partial charge in [-0.25, -0.2) is 4.39 Å². The van der Waals surface area contributed by atoms with Crippen molar-refractivity contribution in [1.82, 2.24) is 4.90 Å². The summed E-state index contributed by atoms with van der Waals surface area (Å²) in [6.45, 7) is 3.86. The molecule has 2 rings (SSSR count). The maximum absolute atomic E-state index is 13.2. The zero-order chi connectivity index (χ0) is 13.2. The van der Waals surface area contributed by atoms with Crippen LogP contribution >= 0.6 is 0 Å². The topological polar surface area (TPSA) is 29.3 Å². The Labute approximate surface area is 109 Å². The maximum atomic E-state index is 13.2. The summed E-state index contributed by atoms with van der Waals surface area (Å²) in [6, 6.07) is 6.83. The number of hydrogen-bond acceptors (Lipinski definition) is 2. The lowest BCUT2D eigenvalue weighted by atomic mass is 9.91. The summed E-state index contributed by atoms with van der Waals surface area (Å²) >= 11 is 0. The second-order valence-electron chi connectivity index (χ2n) is 5.83. The van der Waals surface area contributed by atoms with Crippen LogP contribution in [0.3, 0.4) is 0 Å². The van der Waals surface area contributed by atoms with Crippen molar-refractivity contribution in [2.45, 2.75) is 31.7 Å². The molecule has 0 amide bonds. The number of rotatable bonds is 6. The van der Waals surface area contributed by atoms with Gasteiger partial charge in [0.25, 0.3) is 0 Å². The van der Waals surface area contributed by atoms with Gasteiger partial charge in [0.15, 0.2) is 0 Å². The van der Waals surface area contributed by atoms with Crippen LogP contribution in [0.5, 0.6) is 0 Å². The number of nitrogens with two attached hydrogens (primary N) is 1. The fraction of sp³-hybridized carbons (Fsp3) is 0.600. The van der Waals surface area contributed by atoms with Crippen LogP contribution < -0.4 is 5.73 Å². The molecule has 1 saturated carbocycles. The van der Waals surface area contributed by atoms with E-state index in [-0.39, 0.29) is 11.4 Å². The Morgan fingerprint density at radius 1 is 1.44 bits per heavy atom. The molecule has 0 spiro atoms. The Kier molecular flexibility index (Phi) is 4.03. The molecule has 1 aromatic carbocycles. The molecule has 0 heterocycles. The van der Waals surface area contributed by atoms with Gasteiger partial charge in [0.2, 0.25) is 0 Å². The van der Waals surface area contributed by atoms with E-state index < -0.39 is 0 Å². The van der Waals surface area contributed by atoms with E-state index >= 15 is 0 Å². The van der Waals surface area contributed by atoms with Gasteiger partial charge in [-0.2, -0.15) is 0 Å². The van der Waals surface area contributed by atoms with Crippen molar-refractivity contribution in [3.8, 4) is 0 Å². The van der Waals surface area contributed by atoms with Crippen molar-refractivity contribution in [2.24, 2.45) is 11.7 Å². The van der Waals surface area contributed by atoms with E-state index in [0.29, 0.717) is 6.54 Å². The quantitative estimate of drug-likeness (QED) is 0.840. The lowest BCUT2D eigenvalue weighted by Gasteiger charge is -2.38. The second kappa shape index (κ2) is 5.37. The molecule has 1 atom stereocenters. The van der Waals surface area contributed by atoms with E-state index in [1.165, 1.54) is 18.9 Å². The van der Waals surface area contributed by atoms with Crippen molar-refractivity contribution in [3.05, 3.63) is 35.6 Å². The highest BCUT2D eigenvalue weighted by atomic mass is 19.1. The highest BCUT2D eigenvalue weighted by Gasteiger charge is 2.32. The molecule has 0 saturated heterocycles. The maximum Gasteiger partial charge on any atom is 0.123 e. The first-order chi connectivity index (χ1) is 8.53. The van der Waals surface area contributed by atoms with Crippen LogP contribution in [0.1, 0.15) is 25.3 Å². The molecule has 0 aliphatic heterocycles. The molecule has 0 aromatic heterocycles. The highest BCUT2D eigenvalue weighted by molar-refractivity contribution is 5.19. The predicted molar refractivity (Wildman–Crippen MR) is 72.9 cm³/mol. The first-order valence-corrected chi connectivity index (χ1v) is 6.69. The van der Waals surface area contributed by atoms with Gasteiger partial charge in [0.05, 0.1) is 0 Å². The summed E-state index contributed by atoms with van der Waals surface area (Å²) in [5, 5.41) is 0. The van der Waals surface area contributed by atoms with Crippen molar-refractivity contribution < 1.29 is 4.39 Å². The molecule has 3 heteroatoms. The summed E-state index contributed by atoms with van der Waals surface area (Å²) in [7, 11) is 2.13. The van der Waals surface area contributed by atoms with E-state index in [1.807, 2.05) is 6.07 Å².